The minimum Gasteiger partial charge on any atom is -0.0845 e. The second kappa shape index (κ2) is 17.8. The standard InChI is InChI=1S/C23H42/c1-2-4-6-8-10-12-14-16-18-20-22-23-21-19-17-15-13-11-9-7-5-3-1/h1-4H,5-23H2/b3-1-,4-2-. The highest BCUT2D eigenvalue weighted by atomic mass is 14.0. The van der Waals surface area contributed by atoms with E-state index in [0.717, 1.165) is 0 Å². The van der Waals surface area contributed by atoms with Crippen LogP contribution in [0.25, 0.3) is 0 Å². The van der Waals surface area contributed by atoms with Crippen LogP contribution in [-0.4, -0.2) is 0 Å². The number of hydrogen-bond acceptors (Lipinski definition) is 0. The molecule has 1 aliphatic carbocycles. The topological polar surface area (TPSA) is 0 Å². The van der Waals surface area contributed by atoms with Gasteiger partial charge in [0.2, 0.25) is 0 Å². The fraction of sp³-hybridized carbons (Fsp3) is 0.826. The Hall–Kier alpha value is -0.520. The van der Waals surface area contributed by atoms with Crippen molar-refractivity contribution < 1.29 is 0 Å². The number of hydrogen-bond donors (Lipinski definition) is 0. The summed E-state index contributed by atoms with van der Waals surface area (Å²) in [5.41, 5.74) is 0. The fourth-order valence-corrected chi connectivity index (χ4v) is 3.53. The van der Waals surface area contributed by atoms with E-state index in [1.807, 2.05) is 0 Å². The first kappa shape index (κ1) is 20.5. The third-order valence-electron chi connectivity index (χ3n) is 5.12. The molecule has 0 saturated carbocycles. The lowest BCUT2D eigenvalue weighted by molar-refractivity contribution is 0.526. The molecule has 0 nitrogen and oxygen atoms in total. The average Bonchev–Trinajstić information content (AvgIpc) is 2.56. The molecule has 0 radical (unpaired) electrons. The van der Waals surface area contributed by atoms with Crippen molar-refractivity contribution in [2.75, 3.05) is 0 Å². The van der Waals surface area contributed by atoms with E-state index in [1.165, 1.54) is 122 Å². The second-order valence-electron chi connectivity index (χ2n) is 7.44. The number of rotatable bonds is 0. The molecule has 0 N–H and O–H groups in total. The molecule has 0 unspecified atom stereocenters. The van der Waals surface area contributed by atoms with Gasteiger partial charge in [-0.05, 0) is 25.7 Å². The zero-order valence-electron chi connectivity index (χ0n) is 15.7. The van der Waals surface area contributed by atoms with Gasteiger partial charge in [0.25, 0.3) is 0 Å². The van der Waals surface area contributed by atoms with Crippen molar-refractivity contribution in [3.8, 4) is 0 Å². The molecule has 0 fully saturated rings. The van der Waals surface area contributed by atoms with Crippen molar-refractivity contribution >= 4 is 0 Å². The van der Waals surface area contributed by atoms with E-state index < -0.39 is 0 Å². The molecule has 1 aliphatic rings. The molecule has 1 rings (SSSR count). The Morgan fingerprint density at radius 1 is 0.261 bits per heavy atom. The first-order valence-corrected chi connectivity index (χ1v) is 10.8. The molecule has 0 aromatic heterocycles. The van der Waals surface area contributed by atoms with Crippen molar-refractivity contribution in [3.05, 3.63) is 24.3 Å². The lowest BCUT2D eigenvalue weighted by Gasteiger charge is -2.03. The predicted octanol–water partition coefficient (Wildman–Crippen LogP) is 8.52. The molecule has 0 heteroatoms. The van der Waals surface area contributed by atoms with Gasteiger partial charge in [0.05, 0.1) is 0 Å². The SMILES string of the molecule is C1=C\CCCCCCCCCCCCCCCCCCC\C=C/1. The summed E-state index contributed by atoms with van der Waals surface area (Å²) in [5, 5.41) is 0. The van der Waals surface area contributed by atoms with Crippen LogP contribution in [0.15, 0.2) is 24.3 Å². The third-order valence-corrected chi connectivity index (χ3v) is 5.12. The molecule has 0 bridgehead atoms. The van der Waals surface area contributed by atoms with Crippen LogP contribution in [0.1, 0.15) is 122 Å². The van der Waals surface area contributed by atoms with Gasteiger partial charge in [0, 0.05) is 0 Å². The highest BCUT2D eigenvalue weighted by Crippen LogP contribution is 2.14. The summed E-state index contributed by atoms with van der Waals surface area (Å²) in [4.78, 5) is 0. The van der Waals surface area contributed by atoms with Crippen molar-refractivity contribution in [1.82, 2.24) is 0 Å². The largest absolute Gasteiger partial charge is 0.0845 e. The van der Waals surface area contributed by atoms with Gasteiger partial charge in [-0.25, -0.2) is 0 Å². The van der Waals surface area contributed by atoms with Gasteiger partial charge >= 0.3 is 0 Å². The van der Waals surface area contributed by atoms with E-state index in [1.54, 1.807) is 0 Å². The van der Waals surface area contributed by atoms with Gasteiger partial charge in [-0.3, -0.25) is 0 Å². The van der Waals surface area contributed by atoms with Gasteiger partial charge in [0.1, 0.15) is 0 Å². The van der Waals surface area contributed by atoms with E-state index in [2.05, 4.69) is 24.3 Å². The van der Waals surface area contributed by atoms with Crippen molar-refractivity contribution in [2.45, 2.75) is 122 Å². The maximum Gasteiger partial charge on any atom is -0.0348 e. The lowest BCUT2D eigenvalue weighted by atomic mass is 10.0. The summed E-state index contributed by atoms with van der Waals surface area (Å²) < 4.78 is 0. The van der Waals surface area contributed by atoms with Crippen LogP contribution in [0.5, 0.6) is 0 Å². The molecule has 134 valence electrons. The van der Waals surface area contributed by atoms with Crippen LogP contribution in [0, 0.1) is 0 Å². The minimum atomic E-state index is 1.27. The first-order chi connectivity index (χ1) is 11.5. The van der Waals surface area contributed by atoms with Crippen molar-refractivity contribution in [2.24, 2.45) is 0 Å². The molecule has 0 aliphatic heterocycles. The average molecular weight is 319 g/mol. The summed E-state index contributed by atoms with van der Waals surface area (Å²) in [7, 11) is 0. The summed E-state index contributed by atoms with van der Waals surface area (Å²) in [6.07, 6.45) is 36.5. The van der Waals surface area contributed by atoms with E-state index in [4.69, 9.17) is 0 Å². The maximum atomic E-state index is 2.35. The summed E-state index contributed by atoms with van der Waals surface area (Å²) in [6.45, 7) is 0. The van der Waals surface area contributed by atoms with Crippen molar-refractivity contribution in [1.29, 1.82) is 0 Å². The zero-order valence-corrected chi connectivity index (χ0v) is 15.7. The highest BCUT2D eigenvalue weighted by Gasteiger charge is 1.95. The molecule has 0 spiro atoms. The Labute approximate surface area is 146 Å². The van der Waals surface area contributed by atoms with E-state index >= 15 is 0 Å². The molecule has 0 amide bonds. The Kier molecular flexibility index (Phi) is 15.9. The first-order valence-electron chi connectivity index (χ1n) is 10.8. The van der Waals surface area contributed by atoms with E-state index in [9.17, 15) is 0 Å². The summed E-state index contributed by atoms with van der Waals surface area (Å²) >= 11 is 0. The lowest BCUT2D eigenvalue weighted by Crippen LogP contribution is -1.84. The van der Waals surface area contributed by atoms with Crippen molar-refractivity contribution in [3.63, 3.8) is 0 Å². The quantitative estimate of drug-likeness (QED) is 0.420. The van der Waals surface area contributed by atoms with E-state index in [-0.39, 0.29) is 0 Å². The van der Waals surface area contributed by atoms with Gasteiger partial charge in [-0.15, -0.1) is 0 Å². The maximum absolute atomic E-state index is 2.35. The monoisotopic (exact) mass is 318 g/mol. The molecule has 0 aromatic rings. The molecule has 0 heterocycles. The predicted molar refractivity (Wildman–Crippen MR) is 106 cm³/mol. The third kappa shape index (κ3) is 16.1. The highest BCUT2D eigenvalue weighted by molar-refractivity contribution is 5.02. The van der Waals surface area contributed by atoms with Gasteiger partial charge in [-0.2, -0.15) is 0 Å². The number of allylic oxidation sites excluding steroid dienone is 4. The van der Waals surface area contributed by atoms with Gasteiger partial charge in [-0.1, -0.05) is 121 Å². The van der Waals surface area contributed by atoms with Gasteiger partial charge in [0.15, 0.2) is 0 Å². The normalized spacial score (nSPS) is 25.4. The smallest absolute Gasteiger partial charge is 0.0348 e. The fourth-order valence-electron chi connectivity index (χ4n) is 3.53. The Morgan fingerprint density at radius 3 is 0.739 bits per heavy atom. The molecule has 0 atom stereocenters. The zero-order chi connectivity index (χ0) is 16.3. The minimum absolute atomic E-state index is 1.27. The van der Waals surface area contributed by atoms with Crippen LogP contribution in [0.4, 0.5) is 0 Å². The van der Waals surface area contributed by atoms with Crippen LogP contribution >= 0.6 is 0 Å². The summed E-state index contributed by atoms with van der Waals surface area (Å²) in [6, 6.07) is 0. The molecule has 23 heavy (non-hydrogen) atoms. The van der Waals surface area contributed by atoms with E-state index in [0.29, 0.717) is 0 Å². The molecular formula is C23H42. The molecular weight excluding hydrogens is 276 g/mol. The Balaban J connectivity index is 2.10. The van der Waals surface area contributed by atoms with Crippen LogP contribution < -0.4 is 0 Å². The second-order valence-corrected chi connectivity index (χ2v) is 7.44. The Morgan fingerprint density at radius 2 is 0.478 bits per heavy atom. The molecule has 0 saturated heterocycles. The molecule has 0 aromatic carbocycles. The Bertz CT molecular complexity index is 246. The van der Waals surface area contributed by atoms with Crippen LogP contribution in [0.2, 0.25) is 0 Å². The van der Waals surface area contributed by atoms with Gasteiger partial charge < -0.3 is 0 Å². The summed E-state index contributed by atoms with van der Waals surface area (Å²) in [5.74, 6) is 0. The van der Waals surface area contributed by atoms with Crippen LogP contribution in [-0.2, 0) is 0 Å². The van der Waals surface area contributed by atoms with Crippen LogP contribution in [0.3, 0.4) is 0 Å².